The summed E-state index contributed by atoms with van der Waals surface area (Å²) in [5, 5.41) is 23.7. The van der Waals surface area contributed by atoms with Crippen LogP contribution >= 0.6 is 34.8 Å². The first-order valence-electron chi connectivity index (χ1n) is 6.22. The molecule has 0 amide bonds. The zero-order valence-corrected chi connectivity index (χ0v) is 16.3. The molecule has 24 heavy (non-hydrogen) atoms. The molecular formula is C15H23Cl3O6. The molecule has 0 rings (SSSR count). The van der Waals surface area contributed by atoms with Crippen LogP contribution in [0.3, 0.4) is 0 Å². The first-order valence-corrected chi connectivity index (χ1v) is 7.36. The Balaban J connectivity index is -0.000000111. The van der Waals surface area contributed by atoms with Crippen LogP contribution < -0.4 is 0 Å². The Bertz CT molecular complexity index is 371. The van der Waals surface area contributed by atoms with E-state index in [2.05, 4.69) is 19.7 Å². The van der Waals surface area contributed by atoms with Crippen LogP contribution in [0.2, 0.25) is 0 Å². The molecule has 0 aliphatic rings. The average molecular weight is 406 g/mol. The zero-order chi connectivity index (χ0) is 20.7. The average Bonchev–Trinajstić information content (AvgIpc) is 2.39. The van der Waals surface area contributed by atoms with Crippen molar-refractivity contribution in [3.63, 3.8) is 0 Å². The second-order valence-corrected chi connectivity index (χ2v) is 6.74. The van der Waals surface area contributed by atoms with Gasteiger partial charge in [-0.2, -0.15) is 0 Å². The van der Waals surface area contributed by atoms with E-state index in [4.69, 9.17) is 50.1 Å². The zero-order valence-electron chi connectivity index (χ0n) is 14.0. The molecule has 0 saturated heterocycles. The Morgan fingerprint density at radius 1 is 0.750 bits per heavy atom. The first-order chi connectivity index (χ1) is 10.5. The smallest absolute Gasteiger partial charge is 0.330 e. The number of carboxylic acid groups (broad SMARTS) is 3. The quantitative estimate of drug-likeness (QED) is 0.463. The van der Waals surface area contributed by atoms with Gasteiger partial charge in [-0.1, -0.05) is 61.5 Å². The van der Waals surface area contributed by atoms with E-state index >= 15 is 0 Å². The summed E-state index contributed by atoms with van der Waals surface area (Å²) >= 11 is 15.7. The van der Waals surface area contributed by atoms with Crippen molar-refractivity contribution in [2.75, 3.05) is 0 Å². The molecule has 0 fully saturated rings. The topological polar surface area (TPSA) is 112 Å². The van der Waals surface area contributed by atoms with E-state index in [1.54, 1.807) is 0 Å². The molecule has 0 aromatic heterocycles. The molecule has 0 atom stereocenters. The normalized spacial score (nSPS) is 8.62. The third-order valence-corrected chi connectivity index (χ3v) is 2.30. The lowest BCUT2D eigenvalue weighted by Gasteiger charge is -2.02. The number of aliphatic carboxylic acids is 3. The van der Waals surface area contributed by atoms with Crippen LogP contribution in [0.1, 0.15) is 34.1 Å². The Kier molecular flexibility index (Phi) is 20.7. The molecule has 0 heterocycles. The predicted molar refractivity (Wildman–Crippen MR) is 97.9 cm³/mol. The maximum absolute atomic E-state index is 9.60. The fraction of sp³-hybridized carbons (Fsp3) is 0.400. The third kappa shape index (κ3) is 42.8. The minimum atomic E-state index is -1.04. The van der Waals surface area contributed by atoms with E-state index in [0.717, 1.165) is 0 Å². The van der Waals surface area contributed by atoms with E-state index in [9.17, 15) is 14.4 Å². The second-order valence-electron chi connectivity index (χ2n) is 4.23. The van der Waals surface area contributed by atoms with Gasteiger partial charge in [0.15, 0.2) is 3.79 Å². The summed E-state index contributed by atoms with van der Waals surface area (Å²) in [6.45, 7) is 15.6. The van der Waals surface area contributed by atoms with Gasteiger partial charge in [0.25, 0.3) is 0 Å². The van der Waals surface area contributed by atoms with Crippen LogP contribution in [-0.2, 0) is 14.4 Å². The molecule has 140 valence electrons. The van der Waals surface area contributed by atoms with Gasteiger partial charge in [-0.25, -0.2) is 14.4 Å². The highest BCUT2D eigenvalue weighted by atomic mass is 35.6. The molecule has 9 heteroatoms. The van der Waals surface area contributed by atoms with Crippen LogP contribution in [0.4, 0.5) is 0 Å². The molecule has 0 aliphatic heterocycles. The molecule has 0 radical (unpaired) electrons. The van der Waals surface area contributed by atoms with Gasteiger partial charge < -0.3 is 15.3 Å². The number of carboxylic acids is 3. The summed E-state index contributed by atoms with van der Waals surface area (Å²) in [6, 6.07) is 0. The molecule has 0 unspecified atom stereocenters. The highest BCUT2D eigenvalue weighted by Crippen LogP contribution is 2.28. The third-order valence-electron chi connectivity index (χ3n) is 1.50. The van der Waals surface area contributed by atoms with Crippen molar-refractivity contribution in [1.29, 1.82) is 0 Å². The van der Waals surface area contributed by atoms with Crippen molar-refractivity contribution in [3.05, 3.63) is 36.5 Å². The van der Waals surface area contributed by atoms with Crippen LogP contribution in [0.5, 0.6) is 0 Å². The van der Waals surface area contributed by atoms with Crippen LogP contribution in [0.15, 0.2) is 36.5 Å². The Morgan fingerprint density at radius 2 is 0.833 bits per heavy atom. The maximum atomic E-state index is 9.60. The van der Waals surface area contributed by atoms with Gasteiger partial charge >= 0.3 is 17.9 Å². The Morgan fingerprint density at radius 3 is 0.833 bits per heavy atom. The first kappa shape index (κ1) is 30.4. The number of carbonyl (C=O) groups is 3. The minimum absolute atomic E-state index is 0.176. The van der Waals surface area contributed by atoms with Crippen molar-refractivity contribution in [2.45, 2.75) is 37.9 Å². The predicted octanol–water partition coefficient (Wildman–Crippen LogP) is 4.71. The van der Waals surface area contributed by atoms with Gasteiger partial charge in [-0.05, 0) is 27.2 Å². The summed E-state index contributed by atoms with van der Waals surface area (Å²) in [4.78, 5) is 28.8. The van der Waals surface area contributed by atoms with Crippen LogP contribution in [0, 0.1) is 0 Å². The summed E-state index contributed by atoms with van der Waals surface area (Å²) < 4.78 is -1.04. The van der Waals surface area contributed by atoms with Crippen LogP contribution in [-0.4, -0.2) is 37.0 Å². The Hall–Kier alpha value is -1.50. The van der Waals surface area contributed by atoms with Crippen molar-refractivity contribution in [1.82, 2.24) is 0 Å². The van der Waals surface area contributed by atoms with Crippen molar-refractivity contribution < 1.29 is 29.7 Å². The fourth-order valence-electron chi connectivity index (χ4n) is 0. The standard InChI is InChI=1S/3C4H6O2.C3H5Cl3/c3*1-3(2)4(5)6;1-2-3(4,5)6/h3*1H2,2H3,(H,5,6);2H2,1H3. The summed E-state index contributed by atoms with van der Waals surface area (Å²) in [7, 11) is 0. The maximum Gasteiger partial charge on any atom is 0.330 e. The molecule has 0 aromatic rings. The van der Waals surface area contributed by atoms with Gasteiger partial charge in [-0.15, -0.1) is 0 Å². The number of hydrogen-bond acceptors (Lipinski definition) is 3. The van der Waals surface area contributed by atoms with Crippen molar-refractivity contribution >= 4 is 52.7 Å². The molecule has 6 nitrogen and oxygen atoms in total. The Labute approximate surface area is 157 Å². The van der Waals surface area contributed by atoms with Gasteiger partial charge in [0.2, 0.25) is 0 Å². The van der Waals surface area contributed by atoms with Gasteiger partial charge in [0.1, 0.15) is 0 Å². The van der Waals surface area contributed by atoms with Gasteiger partial charge in [-0.3, -0.25) is 0 Å². The molecular weight excluding hydrogens is 383 g/mol. The molecule has 0 bridgehead atoms. The van der Waals surface area contributed by atoms with E-state index in [1.165, 1.54) is 20.8 Å². The van der Waals surface area contributed by atoms with Crippen LogP contribution in [0.25, 0.3) is 0 Å². The lowest BCUT2D eigenvalue weighted by Crippen LogP contribution is -1.95. The summed E-state index contributed by atoms with van der Waals surface area (Å²) in [6.07, 6.45) is 0.567. The number of halogens is 3. The molecule has 0 aromatic carbocycles. The lowest BCUT2D eigenvalue weighted by molar-refractivity contribution is -0.133. The lowest BCUT2D eigenvalue weighted by atomic mass is 10.4. The van der Waals surface area contributed by atoms with E-state index in [0.29, 0.717) is 6.42 Å². The highest BCUT2D eigenvalue weighted by molar-refractivity contribution is 6.67. The van der Waals surface area contributed by atoms with Crippen molar-refractivity contribution in [3.8, 4) is 0 Å². The van der Waals surface area contributed by atoms with E-state index in [-0.39, 0.29) is 16.7 Å². The van der Waals surface area contributed by atoms with Gasteiger partial charge in [0.05, 0.1) is 0 Å². The second kappa shape index (κ2) is 16.4. The summed E-state index contributed by atoms with van der Waals surface area (Å²) in [5.41, 5.74) is 0.528. The van der Waals surface area contributed by atoms with E-state index in [1.807, 2.05) is 6.92 Å². The number of rotatable bonds is 3. The monoisotopic (exact) mass is 404 g/mol. The SMILES string of the molecule is C=C(C)C(=O)O.C=C(C)C(=O)O.C=C(C)C(=O)O.CCC(Cl)(Cl)Cl. The molecule has 3 N–H and O–H groups in total. The number of alkyl halides is 3. The van der Waals surface area contributed by atoms with E-state index < -0.39 is 21.7 Å². The molecule has 0 saturated carbocycles. The van der Waals surface area contributed by atoms with Crippen molar-refractivity contribution in [2.24, 2.45) is 0 Å². The fourth-order valence-corrected chi connectivity index (χ4v) is 0. The summed E-state index contributed by atoms with van der Waals surface area (Å²) in [5.74, 6) is -2.81. The number of hydrogen-bond donors (Lipinski definition) is 3. The largest absolute Gasteiger partial charge is 0.478 e. The molecule has 0 aliphatic carbocycles. The minimum Gasteiger partial charge on any atom is -0.478 e. The highest BCUT2D eigenvalue weighted by Gasteiger charge is 2.14. The van der Waals surface area contributed by atoms with Gasteiger partial charge in [0, 0.05) is 16.7 Å². The molecule has 0 spiro atoms.